The Labute approximate surface area is 513 Å². The monoisotopic (exact) mass is 1210 g/mol. The number of rotatable bonds is 34. The smallest absolute Gasteiger partial charge is 0.351 e. The third-order valence-corrected chi connectivity index (χ3v) is 12.9. The highest BCUT2D eigenvalue weighted by atomic mass is 16.6. The summed E-state index contributed by atoms with van der Waals surface area (Å²) >= 11 is 0. The molecule has 21 heteroatoms. The number of carbonyl (C=O) groups excluding carboxylic acids is 6. The second-order valence-corrected chi connectivity index (χ2v) is 18.6. The van der Waals surface area contributed by atoms with Crippen molar-refractivity contribution in [2.45, 2.75) is 159 Å². The minimum atomic E-state index is -1.09. The van der Waals surface area contributed by atoms with Crippen LogP contribution in [-0.4, -0.2) is 135 Å². The minimum Gasteiger partial charge on any atom is -0.474 e. The van der Waals surface area contributed by atoms with Crippen LogP contribution < -0.4 is 38.1 Å². The first-order valence-electron chi connectivity index (χ1n) is 30.3. The van der Waals surface area contributed by atoms with E-state index in [0.29, 0.717) is 101 Å². The first kappa shape index (κ1) is 83.8. The molecule has 3 unspecified atom stereocenters. The van der Waals surface area contributed by atoms with Gasteiger partial charge >= 0.3 is 5.97 Å². The van der Waals surface area contributed by atoms with E-state index in [1.54, 1.807) is 34.9 Å². The highest BCUT2D eigenvalue weighted by molar-refractivity contribution is 5.93. The quantitative estimate of drug-likeness (QED) is 0.0145. The summed E-state index contributed by atoms with van der Waals surface area (Å²) in [7, 11) is 4.74. The summed E-state index contributed by atoms with van der Waals surface area (Å²) in [5, 5.41) is 7.19. The van der Waals surface area contributed by atoms with Crippen molar-refractivity contribution in [2.75, 3.05) is 92.5 Å². The Morgan fingerprint density at radius 3 is 1.86 bits per heavy atom. The lowest BCUT2D eigenvalue weighted by atomic mass is 9.85. The number of hydrogen-bond acceptors (Lipinski definition) is 18. The molecule has 0 radical (unpaired) electrons. The van der Waals surface area contributed by atoms with Crippen LogP contribution in [0.1, 0.15) is 167 Å². The molecule has 488 valence electrons. The van der Waals surface area contributed by atoms with Crippen LogP contribution in [0.5, 0.6) is 5.75 Å². The number of benzene rings is 2. The van der Waals surface area contributed by atoms with E-state index in [1.807, 2.05) is 59.7 Å². The average molecular weight is 1210 g/mol. The molecule has 0 bridgehead atoms. The molecule has 2 aromatic heterocycles. The number of aromatic nitrogens is 2. The number of nitrogens with two attached hydrogens (primary N) is 3. The normalized spacial score (nSPS) is 11.7. The van der Waals surface area contributed by atoms with Gasteiger partial charge in [-0.05, 0) is 125 Å². The van der Waals surface area contributed by atoms with Gasteiger partial charge in [0.2, 0.25) is 18.4 Å². The zero-order valence-corrected chi connectivity index (χ0v) is 54.6. The average Bonchev–Trinajstić information content (AvgIpc) is 2.27. The SMILES string of the molecule is C=O.CC.CC.CC=O.CCC.CCc1c2c(nc3ccc(OC(C(=O)OC)c4ccc(NC(=O)C(CCCNC)[C@@H](C)CCCCCOCCOCCOCCOCCN)cc4)cc13)-c1cc(C(C)CC)c(COC=O)c(=O)n1C2.CN.NC=O. The predicted molar refractivity (Wildman–Crippen MR) is 344 cm³/mol. The summed E-state index contributed by atoms with van der Waals surface area (Å²) in [4.78, 5) is 82.6. The summed E-state index contributed by atoms with van der Waals surface area (Å²) in [5.41, 5.74) is 20.6. The lowest BCUT2D eigenvalue weighted by Gasteiger charge is -2.24. The van der Waals surface area contributed by atoms with Gasteiger partial charge in [0.1, 0.15) is 25.4 Å². The molecule has 86 heavy (non-hydrogen) atoms. The Morgan fingerprint density at radius 2 is 1.35 bits per heavy atom. The largest absolute Gasteiger partial charge is 0.474 e. The molecule has 4 aromatic rings. The molecule has 8 N–H and O–H groups in total. The van der Waals surface area contributed by atoms with Gasteiger partial charge in [-0.1, -0.05) is 101 Å². The van der Waals surface area contributed by atoms with Crippen molar-refractivity contribution < 1.29 is 61.9 Å². The molecule has 5 rings (SSSR count). The molecule has 21 nitrogen and oxygen atoms in total. The maximum absolute atomic E-state index is 13.9. The highest BCUT2D eigenvalue weighted by Gasteiger charge is 2.30. The number of aryl methyl sites for hydroxylation is 1. The number of nitrogens with zero attached hydrogens (tertiary/aromatic N) is 2. The molecule has 1 aliphatic heterocycles. The second kappa shape index (κ2) is 55.1. The number of methoxy groups -OCH3 is 1. The van der Waals surface area contributed by atoms with Gasteiger partial charge in [0.15, 0.2) is 0 Å². The van der Waals surface area contributed by atoms with Gasteiger partial charge in [-0.3, -0.25) is 19.2 Å². The first-order chi connectivity index (χ1) is 41.8. The number of fused-ring (bicyclic) bond motifs is 4. The fraction of sp³-hybridized carbons (Fsp3) is 0.600. The van der Waals surface area contributed by atoms with E-state index in [4.69, 9.17) is 58.3 Å². The van der Waals surface area contributed by atoms with E-state index in [9.17, 15) is 19.2 Å². The van der Waals surface area contributed by atoms with Crippen molar-refractivity contribution in [2.24, 2.45) is 29.0 Å². The molecule has 0 fully saturated rings. The molecule has 4 atom stereocenters. The van der Waals surface area contributed by atoms with Crippen molar-refractivity contribution in [3.63, 3.8) is 0 Å². The number of unbranched alkanes of at least 4 members (excludes halogenated alkanes) is 2. The van der Waals surface area contributed by atoms with Gasteiger partial charge in [-0.15, -0.1) is 0 Å². The Morgan fingerprint density at radius 1 is 0.791 bits per heavy atom. The third-order valence-electron chi connectivity index (χ3n) is 12.9. The van der Waals surface area contributed by atoms with Crippen LogP contribution in [0.15, 0.2) is 53.3 Å². The topological polar surface area (TPSA) is 304 Å². The number of nitrogens with one attached hydrogen (secondary N) is 2. The van der Waals surface area contributed by atoms with Crippen molar-refractivity contribution in [3.8, 4) is 17.1 Å². The van der Waals surface area contributed by atoms with Gasteiger partial charge in [-0.2, -0.15) is 0 Å². The zero-order chi connectivity index (χ0) is 65.7. The number of amides is 2. The van der Waals surface area contributed by atoms with Gasteiger partial charge in [0.05, 0.1) is 82.4 Å². The summed E-state index contributed by atoms with van der Waals surface area (Å²) in [6.45, 7) is 30.3. The maximum atomic E-state index is 13.9. The van der Waals surface area contributed by atoms with Crippen LogP contribution in [0.2, 0.25) is 0 Å². The molecule has 0 aliphatic carbocycles. The standard InChI is InChI=1S/C53H75N5O11.C3H8.C2H4O.2C2H6.CH3NO.CH5N.CH2O/c1-7-36(3)43-32-48-49-45(33-58(48)52(61)46(43)34-68-35-59)41(8-2)44-31-40(19-20-47(44)57-49)69-50(53(62)63-6)38-15-17-39(18-16-38)56-51(60)42(14-12-22-55-5)37(4)13-10-9-11-23-64-25-27-66-29-30-67-28-26-65-24-21-54;1-3-2;1-2-3;2*1-2;2-1-3;2*1-2/h15-20,31-32,35-37,42,50,55H,7-14,21-30,33-34,54H2,1-6H3,(H,56,60);3H2,1-2H3;2H,1H3;2*1-2H3;1H,(H2,2,3);2H2,1H3;1H2/t36?,37-,42?,50?;;;;;;;/m0......./s1. The van der Waals surface area contributed by atoms with Crippen LogP contribution in [0.3, 0.4) is 0 Å². The minimum absolute atomic E-state index is 0.0277. The number of aldehydes is 1. The predicted octanol–water partition coefficient (Wildman–Crippen LogP) is 9.41. The van der Waals surface area contributed by atoms with Crippen LogP contribution in [0.25, 0.3) is 22.3 Å². The second-order valence-electron chi connectivity index (χ2n) is 18.6. The van der Waals surface area contributed by atoms with Crippen molar-refractivity contribution >= 4 is 54.4 Å². The number of ether oxygens (including phenoxy) is 7. The van der Waals surface area contributed by atoms with Crippen LogP contribution >= 0.6 is 0 Å². The van der Waals surface area contributed by atoms with Crippen molar-refractivity contribution in [3.05, 3.63) is 86.7 Å². The van der Waals surface area contributed by atoms with Gasteiger partial charge < -0.3 is 75.1 Å². The Bertz CT molecular complexity index is 2450. The van der Waals surface area contributed by atoms with E-state index in [2.05, 4.69) is 63.6 Å². The molecule has 1 aliphatic rings. The molecular formula is C65H109N7O14. The van der Waals surface area contributed by atoms with Gasteiger partial charge in [0.25, 0.3) is 12.0 Å². The summed E-state index contributed by atoms with van der Waals surface area (Å²) in [6, 6.07) is 14.7. The Hall–Kier alpha value is -6.46. The zero-order valence-electron chi connectivity index (χ0n) is 54.6. The number of anilines is 1. The Balaban J connectivity index is -0.00000366. The molecule has 0 spiro atoms. The van der Waals surface area contributed by atoms with Crippen LogP contribution in [0, 0.1) is 11.8 Å². The third kappa shape index (κ3) is 30.8. The number of primary amides is 1. The number of esters is 1. The summed E-state index contributed by atoms with van der Waals surface area (Å²) in [5.74, 6) is -0.0750. The number of carbonyl (C=O) groups is 6. The Kier molecular flexibility index (Phi) is 53.7. The van der Waals surface area contributed by atoms with E-state index in [-0.39, 0.29) is 42.2 Å². The lowest BCUT2D eigenvalue weighted by molar-refractivity contribution is -0.149. The van der Waals surface area contributed by atoms with Crippen LogP contribution in [-0.2, 0) is 76.8 Å². The molecule has 0 saturated heterocycles. The number of hydrogen-bond donors (Lipinski definition) is 5. The van der Waals surface area contributed by atoms with Crippen molar-refractivity contribution in [1.29, 1.82) is 0 Å². The molecule has 3 heterocycles. The molecule has 0 saturated carbocycles. The van der Waals surface area contributed by atoms with Crippen LogP contribution in [0.4, 0.5) is 5.69 Å². The van der Waals surface area contributed by atoms with Crippen molar-refractivity contribution in [1.82, 2.24) is 14.9 Å². The fourth-order valence-electron chi connectivity index (χ4n) is 8.89. The molecular weight excluding hydrogens is 1100 g/mol. The molecule has 2 aromatic carbocycles. The summed E-state index contributed by atoms with van der Waals surface area (Å²) in [6.07, 6.45) is 8.15. The summed E-state index contributed by atoms with van der Waals surface area (Å²) < 4.78 is 40.5. The van der Waals surface area contributed by atoms with E-state index < -0.39 is 12.1 Å². The number of pyridine rings is 2. The van der Waals surface area contributed by atoms with E-state index >= 15 is 0 Å². The van der Waals surface area contributed by atoms with E-state index in [0.717, 1.165) is 96.8 Å². The van der Waals surface area contributed by atoms with Gasteiger partial charge in [0, 0.05) is 41.3 Å². The first-order valence-corrected chi connectivity index (χ1v) is 30.3. The lowest BCUT2D eigenvalue weighted by Crippen LogP contribution is -2.29. The maximum Gasteiger partial charge on any atom is 0.351 e. The fourth-order valence-corrected chi connectivity index (χ4v) is 8.89. The van der Waals surface area contributed by atoms with Gasteiger partial charge in [-0.25, -0.2) is 9.78 Å². The van der Waals surface area contributed by atoms with E-state index in [1.165, 1.54) is 27.5 Å². The molecule has 2 amide bonds. The highest BCUT2D eigenvalue weighted by Crippen LogP contribution is 2.39.